The van der Waals surface area contributed by atoms with Gasteiger partial charge in [0.2, 0.25) is 10.0 Å². The molecule has 3 aromatic rings. The highest BCUT2D eigenvalue weighted by molar-refractivity contribution is 7.89. The highest BCUT2D eigenvalue weighted by Crippen LogP contribution is 2.22. The number of sulfonamides is 1. The third-order valence-corrected chi connectivity index (χ3v) is 6.95. The molecule has 1 N–H and O–H groups in total. The Morgan fingerprint density at radius 1 is 1.12 bits per heavy atom. The van der Waals surface area contributed by atoms with Crippen LogP contribution in [-0.4, -0.2) is 46.4 Å². The number of rotatable bonds is 7. The highest BCUT2D eigenvalue weighted by Gasteiger charge is 2.23. The molecule has 0 unspecified atom stereocenters. The minimum atomic E-state index is -3.65. The van der Waals surface area contributed by atoms with Gasteiger partial charge < -0.3 is 5.32 Å². The van der Waals surface area contributed by atoms with E-state index >= 15 is 0 Å². The number of nitrogens with zero attached hydrogens (tertiary/aromatic N) is 4. The van der Waals surface area contributed by atoms with Gasteiger partial charge in [-0.15, -0.1) is 0 Å². The predicted octanol–water partition coefficient (Wildman–Crippen LogP) is 3.37. The van der Waals surface area contributed by atoms with E-state index in [9.17, 15) is 23.3 Å². The molecule has 10 nitrogen and oxygen atoms in total. The van der Waals surface area contributed by atoms with E-state index in [0.29, 0.717) is 17.2 Å². The number of nitro groups is 1. The first-order chi connectivity index (χ1) is 15.0. The molecule has 32 heavy (non-hydrogen) atoms. The molecular formula is C21H23N5O5S. The Balaban J connectivity index is 1.83. The maximum atomic E-state index is 12.8. The van der Waals surface area contributed by atoms with Gasteiger partial charge in [0.25, 0.3) is 11.6 Å². The number of benzene rings is 2. The highest BCUT2D eigenvalue weighted by atomic mass is 32.2. The second-order valence-electron chi connectivity index (χ2n) is 7.45. The Bertz CT molecular complexity index is 1250. The predicted molar refractivity (Wildman–Crippen MR) is 119 cm³/mol. The first kappa shape index (κ1) is 23.1. The lowest BCUT2D eigenvalue weighted by Crippen LogP contribution is -2.33. The Hall–Kier alpha value is -3.57. The van der Waals surface area contributed by atoms with Crippen LogP contribution in [0.2, 0.25) is 0 Å². The van der Waals surface area contributed by atoms with Crippen molar-refractivity contribution in [2.45, 2.75) is 31.7 Å². The zero-order valence-electron chi connectivity index (χ0n) is 18.0. The average molecular weight is 458 g/mol. The molecular weight excluding hydrogens is 434 g/mol. The van der Waals surface area contributed by atoms with Gasteiger partial charge in [-0.3, -0.25) is 14.9 Å². The number of carbonyl (C=O) groups is 1. The molecule has 168 valence electrons. The molecule has 0 saturated heterocycles. The Labute approximate surface area is 185 Å². The van der Waals surface area contributed by atoms with Gasteiger partial charge in [-0.1, -0.05) is 0 Å². The van der Waals surface area contributed by atoms with E-state index in [-0.39, 0.29) is 22.2 Å². The molecule has 3 rings (SSSR count). The van der Waals surface area contributed by atoms with Crippen molar-refractivity contribution in [2.75, 3.05) is 12.4 Å². The molecule has 0 aliphatic carbocycles. The number of amides is 1. The van der Waals surface area contributed by atoms with Crippen molar-refractivity contribution in [3.8, 4) is 5.69 Å². The zero-order chi connectivity index (χ0) is 23.6. The molecule has 0 spiro atoms. The summed E-state index contributed by atoms with van der Waals surface area (Å²) in [6.45, 7) is 5.30. The van der Waals surface area contributed by atoms with Gasteiger partial charge in [-0.25, -0.2) is 13.1 Å². The van der Waals surface area contributed by atoms with E-state index in [4.69, 9.17) is 0 Å². The van der Waals surface area contributed by atoms with Crippen LogP contribution in [0.15, 0.2) is 59.5 Å². The number of aryl methyl sites for hydroxylation is 1. The first-order valence-electron chi connectivity index (χ1n) is 9.71. The quantitative estimate of drug-likeness (QED) is 0.428. The van der Waals surface area contributed by atoms with Gasteiger partial charge in [0.05, 0.1) is 21.2 Å². The molecule has 1 aromatic heterocycles. The minimum absolute atomic E-state index is 0.0543. The van der Waals surface area contributed by atoms with Crippen LogP contribution in [0.3, 0.4) is 0 Å². The summed E-state index contributed by atoms with van der Waals surface area (Å²) < 4.78 is 27.9. The van der Waals surface area contributed by atoms with Gasteiger partial charge in [0.15, 0.2) is 0 Å². The lowest BCUT2D eigenvalue weighted by atomic mass is 10.2. The van der Waals surface area contributed by atoms with Crippen molar-refractivity contribution in [1.29, 1.82) is 0 Å². The maximum Gasteiger partial charge on any atom is 0.269 e. The molecule has 0 aliphatic rings. The summed E-state index contributed by atoms with van der Waals surface area (Å²) >= 11 is 0. The van der Waals surface area contributed by atoms with Crippen LogP contribution in [0.1, 0.15) is 29.9 Å². The molecule has 0 fully saturated rings. The number of hydrogen-bond donors (Lipinski definition) is 1. The Morgan fingerprint density at radius 2 is 1.72 bits per heavy atom. The van der Waals surface area contributed by atoms with Crippen molar-refractivity contribution in [2.24, 2.45) is 0 Å². The third kappa shape index (κ3) is 4.68. The van der Waals surface area contributed by atoms with E-state index in [1.54, 1.807) is 26.8 Å². The van der Waals surface area contributed by atoms with Gasteiger partial charge in [-0.05, 0) is 57.2 Å². The van der Waals surface area contributed by atoms with E-state index in [2.05, 4.69) is 10.4 Å². The third-order valence-electron chi connectivity index (χ3n) is 4.90. The summed E-state index contributed by atoms with van der Waals surface area (Å²) in [6.07, 6.45) is 0. The van der Waals surface area contributed by atoms with Crippen LogP contribution in [0.4, 0.5) is 11.5 Å². The second kappa shape index (κ2) is 8.89. The number of nitro benzene ring substituents is 1. The first-order valence-corrected chi connectivity index (χ1v) is 11.2. The molecule has 0 aliphatic heterocycles. The number of anilines is 1. The zero-order valence-corrected chi connectivity index (χ0v) is 18.8. The summed E-state index contributed by atoms with van der Waals surface area (Å²) in [6, 6.07) is 12.9. The molecule has 2 aromatic carbocycles. The summed E-state index contributed by atoms with van der Waals surface area (Å²) in [5, 5.41) is 17.9. The van der Waals surface area contributed by atoms with E-state index in [1.165, 1.54) is 64.6 Å². The van der Waals surface area contributed by atoms with Crippen LogP contribution < -0.4 is 5.32 Å². The van der Waals surface area contributed by atoms with Gasteiger partial charge in [0, 0.05) is 36.9 Å². The van der Waals surface area contributed by atoms with Crippen LogP contribution in [-0.2, 0) is 10.0 Å². The number of aromatic nitrogens is 2. The van der Waals surface area contributed by atoms with Crippen molar-refractivity contribution in [3.63, 3.8) is 0 Å². The summed E-state index contributed by atoms with van der Waals surface area (Å²) in [5.74, 6) is -0.0770. The fourth-order valence-electron chi connectivity index (χ4n) is 2.91. The van der Waals surface area contributed by atoms with Crippen molar-refractivity contribution >= 4 is 27.4 Å². The largest absolute Gasteiger partial charge is 0.306 e. The molecule has 1 amide bonds. The topological polar surface area (TPSA) is 127 Å². The number of carbonyl (C=O) groups excluding carboxylic acids is 1. The average Bonchev–Trinajstić information content (AvgIpc) is 3.13. The second-order valence-corrected chi connectivity index (χ2v) is 9.45. The van der Waals surface area contributed by atoms with Crippen LogP contribution in [0.25, 0.3) is 5.69 Å². The standard InChI is InChI=1S/C21H23N5O5S/c1-14(2)24(4)32(30,31)19-11-5-16(6-12-19)21(27)22-20-13-15(3)23-25(20)17-7-9-18(10-8-17)26(28)29/h5-14H,1-4H3,(H,22,27). The minimum Gasteiger partial charge on any atom is -0.306 e. The summed E-state index contributed by atoms with van der Waals surface area (Å²) in [5.41, 5.74) is 1.39. The number of hydrogen-bond acceptors (Lipinski definition) is 6. The molecule has 11 heteroatoms. The Kier molecular flexibility index (Phi) is 6.42. The van der Waals surface area contributed by atoms with Crippen LogP contribution in [0, 0.1) is 17.0 Å². The Morgan fingerprint density at radius 3 is 2.25 bits per heavy atom. The summed E-state index contributed by atoms with van der Waals surface area (Å²) in [4.78, 5) is 23.2. The summed E-state index contributed by atoms with van der Waals surface area (Å²) in [7, 11) is -2.15. The molecule has 1 heterocycles. The molecule has 0 bridgehead atoms. The number of non-ortho nitro benzene ring substituents is 1. The van der Waals surface area contributed by atoms with Crippen molar-refractivity contribution in [3.05, 3.63) is 76.0 Å². The van der Waals surface area contributed by atoms with Crippen LogP contribution in [0.5, 0.6) is 0 Å². The lowest BCUT2D eigenvalue weighted by molar-refractivity contribution is -0.384. The van der Waals surface area contributed by atoms with Gasteiger partial charge >= 0.3 is 0 Å². The fraction of sp³-hybridized carbons (Fsp3) is 0.238. The van der Waals surface area contributed by atoms with Gasteiger partial charge in [0.1, 0.15) is 5.82 Å². The van der Waals surface area contributed by atoms with E-state index in [0.717, 1.165) is 0 Å². The van der Waals surface area contributed by atoms with E-state index in [1.807, 2.05) is 0 Å². The normalized spacial score (nSPS) is 11.7. The molecule has 0 atom stereocenters. The van der Waals surface area contributed by atoms with E-state index < -0.39 is 20.9 Å². The molecule has 0 radical (unpaired) electrons. The smallest absolute Gasteiger partial charge is 0.269 e. The SMILES string of the molecule is Cc1cc(NC(=O)c2ccc(S(=O)(=O)N(C)C(C)C)cc2)n(-c2ccc([N+](=O)[O-])cc2)n1. The lowest BCUT2D eigenvalue weighted by Gasteiger charge is -2.21. The monoisotopic (exact) mass is 457 g/mol. The van der Waals surface area contributed by atoms with Crippen LogP contribution >= 0.6 is 0 Å². The van der Waals surface area contributed by atoms with Gasteiger partial charge in [-0.2, -0.15) is 9.40 Å². The maximum absolute atomic E-state index is 12.8. The number of nitrogens with one attached hydrogen (secondary N) is 1. The van der Waals surface area contributed by atoms with Crippen molar-refractivity contribution in [1.82, 2.24) is 14.1 Å². The molecule has 0 saturated carbocycles. The van der Waals surface area contributed by atoms with Crippen molar-refractivity contribution < 1.29 is 18.1 Å². The fourth-order valence-corrected chi connectivity index (χ4v) is 4.28.